The third kappa shape index (κ3) is 3.10. The maximum Gasteiger partial charge on any atom is 0.311 e. The van der Waals surface area contributed by atoms with Gasteiger partial charge in [0, 0.05) is 23.3 Å². The van der Waals surface area contributed by atoms with Gasteiger partial charge in [0.25, 0.3) is 0 Å². The summed E-state index contributed by atoms with van der Waals surface area (Å²) in [5.74, 6) is -0.240. The summed E-state index contributed by atoms with van der Waals surface area (Å²) in [5, 5.41) is 2.75. The van der Waals surface area contributed by atoms with Gasteiger partial charge in [-0.15, -0.1) is 11.3 Å². The fraction of sp³-hybridized carbons (Fsp3) is 0.250. The van der Waals surface area contributed by atoms with Crippen LogP contribution in [0.15, 0.2) is 29.9 Å². The van der Waals surface area contributed by atoms with Crippen molar-refractivity contribution in [3.05, 3.63) is 35.6 Å². The van der Waals surface area contributed by atoms with E-state index in [1.807, 2.05) is 17.5 Å². The van der Waals surface area contributed by atoms with Crippen LogP contribution >= 0.6 is 11.3 Å². The maximum atomic E-state index is 11.3. The number of hydrogen-bond acceptors (Lipinski definition) is 5. The summed E-state index contributed by atoms with van der Waals surface area (Å²) in [6.07, 6.45) is 3.70. The zero-order valence-corrected chi connectivity index (χ0v) is 10.2. The van der Waals surface area contributed by atoms with Crippen molar-refractivity contribution in [1.82, 2.24) is 9.97 Å². The summed E-state index contributed by atoms with van der Waals surface area (Å²) in [6.45, 7) is 2.19. The molecule has 0 atom stereocenters. The van der Waals surface area contributed by atoms with Crippen molar-refractivity contribution in [2.24, 2.45) is 0 Å². The van der Waals surface area contributed by atoms with Crippen LogP contribution in [-0.2, 0) is 16.0 Å². The monoisotopic (exact) mass is 248 g/mol. The SMILES string of the molecule is CCOC(=O)Cc1csc(-c2cccnc2)n1. The van der Waals surface area contributed by atoms with Gasteiger partial charge in [0.05, 0.1) is 18.7 Å². The van der Waals surface area contributed by atoms with Crippen molar-refractivity contribution in [3.63, 3.8) is 0 Å². The van der Waals surface area contributed by atoms with Gasteiger partial charge in [0.1, 0.15) is 5.01 Å². The second kappa shape index (κ2) is 5.54. The highest BCUT2D eigenvalue weighted by Gasteiger charge is 2.09. The summed E-state index contributed by atoms with van der Waals surface area (Å²) in [7, 11) is 0. The molecular weight excluding hydrogens is 236 g/mol. The molecule has 5 heteroatoms. The molecule has 0 unspecified atom stereocenters. The molecule has 0 aliphatic rings. The molecule has 2 aromatic heterocycles. The van der Waals surface area contributed by atoms with Gasteiger partial charge in [-0.25, -0.2) is 4.98 Å². The van der Waals surface area contributed by atoms with Crippen molar-refractivity contribution >= 4 is 17.3 Å². The van der Waals surface area contributed by atoms with E-state index < -0.39 is 0 Å². The van der Waals surface area contributed by atoms with Gasteiger partial charge in [0.2, 0.25) is 0 Å². The number of carbonyl (C=O) groups excluding carboxylic acids is 1. The highest BCUT2D eigenvalue weighted by Crippen LogP contribution is 2.22. The van der Waals surface area contributed by atoms with E-state index >= 15 is 0 Å². The molecule has 88 valence electrons. The standard InChI is InChI=1S/C12H12N2O2S/c1-2-16-11(15)6-10-8-17-12(14-10)9-4-3-5-13-7-9/h3-5,7-8H,2,6H2,1H3. The number of nitrogens with zero attached hydrogens (tertiary/aromatic N) is 2. The minimum atomic E-state index is -0.240. The highest BCUT2D eigenvalue weighted by atomic mass is 32.1. The third-order valence-corrected chi connectivity index (χ3v) is 3.03. The van der Waals surface area contributed by atoms with Gasteiger partial charge < -0.3 is 4.74 Å². The Bertz CT molecular complexity index is 496. The Kier molecular flexibility index (Phi) is 3.82. The Balaban J connectivity index is 2.09. The average molecular weight is 248 g/mol. The van der Waals surface area contributed by atoms with Gasteiger partial charge in [-0.05, 0) is 19.1 Å². The molecule has 0 aromatic carbocycles. The molecule has 0 saturated carbocycles. The van der Waals surface area contributed by atoms with E-state index in [1.165, 1.54) is 11.3 Å². The maximum absolute atomic E-state index is 11.3. The third-order valence-electron chi connectivity index (χ3n) is 2.09. The Morgan fingerprint density at radius 3 is 3.12 bits per heavy atom. The van der Waals surface area contributed by atoms with Crippen molar-refractivity contribution in [3.8, 4) is 10.6 Å². The predicted octanol–water partition coefficient (Wildman–Crippen LogP) is 2.31. The van der Waals surface area contributed by atoms with E-state index in [1.54, 1.807) is 19.3 Å². The fourth-order valence-corrected chi connectivity index (χ4v) is 2.18. The Labute approximate surface area is 103 Å². The Hall–Kier alpha value is -1.75. The average Bonchev–Trinajstić information content (AvgIpc) is 2.79. The second-order valence-electron chi connectivity index (χ2n) is 3.37. The normalized spacial score (nSPS) is 10.2. The topological polar surface area (TPSA) is 52.1 Å². The highest BCUT2D eigenvalue weighted by molar-refractivity contribution is 7.13. The number of carbonyl (C=O) groups is 1. The first kappa shape index (κ1) is 11.7. The molecule has 0 radical (unpaired) electrons. The summed E-state index contributed by atoms with van der Waals surface area (Å²) in [4.78, 5) is 19.7. The second-order valence-corrected chi connectivity index (χ2v) is 4.23. The minimum absolute atomic E-state index is 0.227. The number of hydrogen-bond donors (Lipinski definition) is 0. The lowest BCUT2D eigenvalue weighted by Gasteiger charge is -1.98. The molecular formula is C12H12N2O2S. The molecule has 0 aliphatic heterocycles. The lowest BCUT2D eigenvalue weighted by atomic mass is 10.3. The summed E-state index contributed by atoms with van der Waals surface area (Å²) >= 11 is 1.50. The molecule has 0 amide bonds. The van der Waals surface area contributed by atoms with Crippen LogP contribution in [0, 0.1) is 0 Å². The lowest BCUT2D eigenvalue weighted by Crippen LogP contribution is -2.07. The number of pyridine rings is 1. The van der Waals surface area contributed by atoms with Crippen LogP contribution < -0.4 is 0 Å². The molecule has 0 bridgehead atoms. The van der Waals surface area contributed by atoms with Crippen LogP contribution in [-0.4, -0.2) is 22.5 Å². The lowest BCUT2D eigenvalue weighted by molar-refractivity contribution is -0.142. The quantitative estimate of drug-likeness (QED) is 0.779. The smallest absolute Gasteiger partial charge is 0.311 e. The van der Waals surface area contributed by atoms with E-state index in [2.05, 4.69) is 9.97 Å². The van der Waals surface area contributed by atoms with Crippen LogP contribution in [0.1, 0.15) is 12.6 Å². The van der Waals surface area contributed by atoms with Crippen molar-refractivity contribution in [1.29, 1.82) is 0 Å². The molecule has 0 fully saturated rings. The number of aromatic nitrogens is 2. The van der Waals surface area contributed by atoms with Crippen LogP contribution in [0.3, 0.4) is 0 Å². The number of ether oxygens (including phenoxy) is 1. The number of esters is 1. The molecule has 4 nitrogen and oxygen atoms in total. The first-order chi connectivity index (χ1) is 8.29. The molecule has 0 N–H and O–H groups in total. The molecule has 17 heavy (non-hydrogen) atoms. The van der Waals surface area contributed by atoms with Crippen LogP contribution in [0.4, 0.5) is 0 Å². The van der Waals surface area contributed by atoms with Crippen molar-refractivity contribution in [2.75, 3.05) is 6.61 Å². The molecule has 2 rings (SSSR count). The van der Waals surface area contributed by atoms with E-state index in [-0.39, 0.29) is 12.4 Å². The van der Waals surface area contributed by atoms with E-state index in [0.29, 0.717) is 6.61 Å². The molecule has 2 aromatic rings. The zero-order chi connectivity index (χ0) is 12.1. The number of rotatable bonds is 4. The summed E-state index contributed by atoms with van der Waals surface area (Å²) < 4.78 is 4.87. The van der Waals surface area contributed by atoms with Crippen molar-refractivity contribution in [2.45, 2.75) is 13.3 Å². The van der Waals surface area contributed by atoms with Gasteiger partial charge in [-0.3, -0.25) is 9.78 Å². The minimum Gasteiger partial charge on any atom is -0.466 e. The van der Waals surface area contributed by atoms with E-state index in [9.17, 15) is 4.79 Å². The van der Waals surface area contributed by atoms with Crippen molar-refractivity contribution < 1.29 is 9.53 Å². The molecule has 2 heterocycles. The largest absolute Gasteiger partial charge is 0.466 e. The first-order valence-corrected chi connectivity index (χ1v) is 6.18. The van der Waals surface area contributed by atoms with E-state index in [4.69, 9.17) is 4.74 Å². The molecule has 0 spiro atoms. The summed E-state index contributed by atoms with van der Waals surface area (Å²) in [6, 6.07) is 3.81. The Morgan fingerprint density at radius 2 is 2.41 bits per heavy atom. The number of thiazole rings is 1. The van der Waals surface area contributed by atoms with Crippen LogP contribution in [0.5, 0.6) is 0 Å². The zero-order valence-electron chi connectivity index (χ0n) is 9.42. The predicted molar refractivity (Wildman–Crippen MR) is 65.7 cm³/mol. The summed E-state index contributed by atoms with van der Waals surface area (Å²) in [5.41, 5.74) is 1.71. The first-order valence-electron chi connectivity index (χ1n) is 5.30. The van der Waals surface area contributed by atoms with E-state index in [0.717, 1.165) is 16.3 Å². The van der Waals surface area contributed by atoms with Gasteiger partial charge in [0.15, 0.2) is 0 Å². The van der Waals surface area contributed by atoms with Gasteiger partial charge >= 0.3 is 5.97 Å². The van der Waals surface area contributed by atoms with Gasteiger partial charge in [-0.1, -0.05) is 0 Å². The van der Waals surface area contributed by atoms with Crippen LogP contribution in [0.25, 0.3) is 10.6 Å². The van der Waals surface area contributed by atoms with Gasteiger partial charge in [-0.2, -0.15) is 0 Å². The fourth-order valence-electron chi connectivity index (χ4n) is 1.37. The molecule has 0 aliphatic carbocycles. The Morgan fingerprint density at radius 1 is 1.53 bits per heavy atom. The molecule has 0 saturated heterocycles. The van der Waals surface area contributed by atoms with Crippen LogP contribution in [0.2, 0.25) is 0 Å².